The third-order valence-corrected chi connectivity index (χ3v) is 7.56. The van der Waals surface area contributed by atoms with E-state index in [4.69, 9.17) is 10.5 Å². The van der Waals surface area contributed by atoms with E-state index in [1.165, 1.54) is 0 Å². The van der Waals surface area contributed by atoms with Crippen molar-refractivity contribution < 1.29 is 19.1 Å². The van der Waals surface area contributed by atoms with Gasteiger partial charge in [0.05, 0.1) is 0 Å². The van der Waals surface area contributed by atoms with Crippen LogP contribution < -0.4 is 16.4 Å². The quantitative estimate of drug-likeness (QED) is 0.618. The van der Waals surface area contributed by atoms with Crippen molar-refractivity contribution in [3.8, 4) is 0 Å². The third-order valence-electron chi connectivity index (χ3n) is 7.56. The van der Waals surface area contributed by atoms with Gasteiger partial charge >= 0.3 is 0 Å². The average molecular weight is 412 g/mol. The number of ether oxygens (including phenoxy) is 1. The largest absolute Gasteiger partial charge is 0.381 e. The predicted octanol–water partition coefficient (Wildman–Crippen LogP) is 0.434. The van der Waals surface area contributed by atoms with Gasteiger partial charge in [0.1, 0.15) is 6.04 Å². The number of fused-ring (bicyclic) bond motifs is 1. The van der Waals surface area contributed by atoms with Gasteiger partial charge in [-0.2, -0.15) is 0 Å². The molecule has 0 aromatic heterocycles. The number of hydrogen-bond acceptors (Lipinski definition) is 6. The fourth-order valence-corrected chi connectivity index (χ4v) is 5.63. The van der Waals surface area contributed by atoms with Gasteiger partial charge in [-0.25, -0.2) is 0 Å². The number of nitrogens with zero attached hydrogens (tertiary/aromatic N) is 1. The van der Waals surface area contributed by atoms with Crippen LogP contribution in [0.2, 0.25) is 0 Å². The number of hydrogen-bond donors (Lipinski definition) is 3. The van der Waals surface area contributed by atoms with E-state index >= 15 is 0 Å². The fraction of sp³-hybridized carbons (Fsp3) is 0.591. The Balaban J connectivity index is 1.30. The Morgan fingerprint density at radius 2 is 2.03 bits per heavy atom. The molecule has 3 unspecified atom stereocenters. The second kappa shape index (κ2) is 7.44. The highest BCUT2D eigenvalue weighted by Crippen LogP contribution is 2.48. The number of imide groups is 1. The minimum Gasteiger partial charge on any atom is -0.381 e. The molecule has 1 aromatic carbocycles. The van der Waals surface area contributed by atoms with Crippen molar-refractivity contribution >= 4 is 17.7 Å². The smallest absolute Gasteiger partial charge is 0.255 e. The molecular weight excluding hydrogens is 384 g/mol. The van der Waals surface area contributed by atoms with E-state index in [2.05, 4.69) is 10.6 Å². The molecule has 1 aliphatic carbocycles. The zero-order valence-corrected chi connectivity index (χ0v) is 17.0. The van der Waals surface area contributed by atoms with Gasteiger partial charge in [-0.15, -0.1) is 0 Å². The van der Waals surface area contributed by atoms with Crippen molar-refractivity contribution in [2.75, 3.05) is 13.2 Å². The molecule has 4 N–H and O–H groups in total. The van der Waals surface area contributed by atoms with E-state index in [1.54, 1.807) is 4.90 Å². The summed E-state index contributed by atoms with van der Waals surface area (Å²) in [5.74, 6) is -0.782. The van der Waals surface area contributed by atoms with E-state index in [1.807, 2.05) is 18.2 Å². The van der Waals surface area contributed by atoms with Gasteiger partial charge < -0.3 is 20.7 Å². The molecule has 2 saturated heterocycles. The average Bonchev–Trinajstić information content (AvgIpc) is 3.09. The Kier molecular flexibility index (Phi) is 4.88. The van der Waals surface area contributed by atoms with Crippen molar-refractivity contribution in [3.05, 3.63) is 34.9 Å². The zero-order chi connectivity index (χ0) is 20.9. The third kappa shape index (κ3) is 3.05. The Bertz CT molecular complexity index is 895. The van der Waals surface area contributed by atoms with E-state index in [9.17, 15) is 14.4 Å². The number of benzene rings is 1. The van der Waals surface area contributed by atoms with Crippen LogP contribution >= 0.6 is 0 Å². The summed E-state index contributed by atoms with van der Waals surface area (Å²) in [5, 5.41) is 6.04. The lowest BCUT2D eigenvalue weighted by Gasteiger charge is -2.57. The molecule has 3 heterocycles. The minimum absolute atomic E-state index is 0.116. The summed E-state index contributed by atoms with van der Waals surface area (Å²) in [6, 6.07) is 5.76. The maximum absolute atomic E-state index is 13.0. The molecule has 8 nitrogen and oxygen atoms in total. The zero-order valence-electron chi connectivity index (χ0n) is 17.0. The molecule has 3 amide bonds. The van der Waals surface area contributed by atoms with Crippen LogP contribution in [-0.2, 0) is 27.4 Å². The van der Waals surface area contributed by atoms with Gasteiger partial charge in [0.25, 0.3) is 5.91 Å². The van der Waals surface area contributed by atoms with Gasteiger partial charge in [0, 0.05) is 55.8 Å². The highest BCUT2D eigenvalue weighted by Gasteiger charge is 2.53. The first-order valence-electron chi connectivity index (χ1n) is 10.8. The van der Waals surface area contributed by atoms with Crippen LogP contribution in [0, 0.1) is 5.41 Å². The summed E-state index contributed by atoms with van der Waals surface area (Å²) < 4.78 is 5.54. The number of piperidine rings is 1. The number of nitrogens with two attached hydrogens (primary N) is 1. The predicted molar refractivity (Wildman–Crippen MR) is 108 cm³/mol. The van der Waals surface area contributed by atoms with E-state index < -0.39 is 6.04 Å². The fourth-order valence-electron chi connectivity index (χ4n) is 5.63. The van der Waals surface area contributed by atoms with Crippen LogP contribution in [0.4, 0.5) is 0 Å². The molecule has 1 aromatic rings. The molecule has 1 saturated carbocycles. The maximum atomic E-state index is 13.0. The first-order valence-corrected chi connectivity index (χ1v) is 10.8. The Morgan fingerprint density at radius 3 is 2.77 bits per heavy atom. The first-order chi connectivity index (χ1) is 14.5. The molecule has 30 heavy (non-hydrogen) atoms. The Morgan fingerprint density at radius 1 is 1.23 bits per heavy atom. The second-order valence-electron chi connectivity index (χ2n) is 8.96. The van der Waals surface area contributed by atoms with E-state index in [0.717, 1.165) is 43.6 Å². The molecule has 4 aliphatic rings. The second-order valence-corrected chi connectivity index (χ2v) is 8.96. The van der Waals surface area contributed by atoms with Crippen molar-refractivity contribution in [1.82, 2.24) is 15.5 Å². The summed E-state index contributed by atoms with van der Waals surface area (Å²) in [4.78, 5) is 38.3. The van der Waals surface area contributed by atoms with Crippen LogP contribution in [0.25, 0.3) is 0 Å². The standard InChI is InChI=1S/C22H28N4O4/c23-17-10-18(22(17)6-8-30-9-7-22)24-11-13-2-1-3-14-15(13)12-26(21(14)29)16-4-5-19(27)25-20(16)28/h1-3,16-18,24H,4-12,23H2,(H,25,27,28). The lowest BCUT2D eigenvalue weighted by atomic mass is 9.56. The van der Waals surface area contributed by atoms with Gasteiger partial charge in [0.2, 0.25) is 11.8 Å². The van der Waals surface area contributed by atoms with Crippen LogP contribution in [0.1, 0.15) is 53.6 Å². The maximum Gasteiger partial charge on any atom is 0.255 e. The molecule has 3 aliphatic heterocycles. The molecule has 3 atom stereocenters. The Hall–Kier alpha value is -2.29. The van der Waals surface area contributed by atoms with Crippen molar-refractivity contribution in [2.45, 2.75) is 63.3 Å². The normalized spacial score (nSPS) is 30.2. The highest BCUT2D eigenvalue weighted by molar-refractivity contribution is 6.05. The van der Waals surface area contributed by atoms with Gasteiger partial charge in [-0.3, -0.25) is 19.7 Å². The van der Waals surface area contributed by atoms with E-state index in [0.29, 0.717) is 31.1 Å². The molecule has 0 bridgehead atoms. The van der Waals surface area contributed by atoms with Crippen LogP contribution in [0.3, 0.4) is 0 Å². The monoisotopic (exact) mass is 412 g/mol. The molecule has 3 fully saturated rings. The molecular formula is C22H28N4O4. The number of carbonyl (C=O) groups is 3. The van der Waals surface area contributed by atoms with Crippen molar-refractivity contribution in [1.29, 1.82) is 0 Å². The number of rotatable bonds is 4. The summed E-state index contributed by atoms with van der Waals surface area (Å²) in [5.41, 5.74) is 9.20. The van der Waals surface area contributed by atoms with E-state index in [-0.39, 0.29) is 35.6 Å². The summed E-state index contributed by atoms with van der Waals surface area (Å²) in [6.07, 6.45) is 3.57. The first kappa shape index (κ1) is 19.7. The van der Waals surface area contributed by atoms with Gasteiger partial charge in [-0.1, -0.05) is 12.1 Å². The molecule has 0 radical (unpaired) electrons. The molecule has 160 valence electrons. The lowest BCUT2D eigenvalue weighted by Crippen LogP contribution is -2.67. The molecule has 5 rings (SSSR count). The summed E-state index contributed by atoms with van der Waals surface area (Å²) in [6.45, 7) is 2.60. The minimum atomic E-state index is -0.585. The van der Waals surface area contributed by atoms with Crippen LogP contribution in [-0.4, -0.2) is 54.0 Å². The van der Waals surface area contributed by atoms with Crippen molar-refractivity contribution in [2.24, 2.45) is 11.1 Å². The lowest BCUT2D eigenvalue weighted by molar-refractivity contribution is -0.136. The summed E-state index contributed by atoms with van der Waals surface area (Å²) >= 11 is 0. The van der Waals surface area contributed by atoms with Crippen LogP contribution in [0.15, 0.2) is 18.2 Å². The van der Waals surface area contributed by atoms with Crippen molar-refractivity contribution in [3.63, 3.8) is 0 Å². The highest BCUT2D eigenvalue weighted by atomic mass is 16.5. The van der Waals surface area contributed by atoms with Gasteiger partial charge in [-0.05, 0) is 42.9 Å². The number of carbonyl (C=O) groups excluding carboxylic acids is 3. The molecule has 8 heteroatoms. The Labute approximate surface area is 175 Å². The number of nitrogens with one attached hydrogen (secondary N) is 2. The topological polar surface area (TPSA) is 114 Å². The van der Waals surface area contributed by atoms with Gasteiger partial charge in [0.15, 0.2) is 0 Å². The number of amides is 3. The molecule has 1 spiro atoms. The van der Waals surface area contributed by atoms with Crippen LogP contribution in [0.5, 0.6) is 0 Å². The SMILES string of the molecule is NC1CC(NCc2cccc3c2CN(C2CCC(=O)NC2=O)C3=O)C12CCOCC2. The summed E-state index contributed by atoms with van der Waals surface area (Å²) in [7, 11) is 0.